The molecule has 0 atom stereocenters. The van der Waals surface area contributed by atoms with Gasteiger partial charge in [0.05, 0.1) is 12.1 Å². The molecule has 0 aliphatic rings. The minimum atomic E-state index is 0.152. The first kappa shape index (κ1) is 18.3. The van der Waals surface area contributed by atoms with Gasteiger partial charge in [-0.15, -0.1) is 0 Å². The average molecular weight is 329 g/mol. The van der Waals surface area contributed by atoms with E-state index in [-0.39, 0.29) is 4.75 Å². The fourth-order valence-corrected chi connectivity index (χ4v) is 2.57. The lowest BCUT2D eigenvalue weighted by Crippen LogP contribution is -2.09. The second-order valence-electron chi connectivity index (χ2n) is 5.41. The Morgan fingerprint density at radius 1 is 1.29 bits per heavy atom. The summed E-state index contributed by atoms with van der Waals surface area (Å²) in [6, 6.07) is 4.00. The number of halogens is 1. The number of hydrogen-bond acceptors (Lipinski definition) is 3. The molecule has 0 spiro atoms. The smallest absolute Gasteiger partial charge is 0.138 e. The molecule has 21 heavy (non-hydrogen) atoms. The van der Waals surface area contributed by atoms with Gasteiger partial charge in [0.15, 0.2) is 0 Å². The van der Waals surface area contributed by atoms with Gasteiger partial charge < -0.3 is 8.75 Å². The maximum atomic E-state index is 6.05. The molecule has 0 aliphatic heterocycles. The molecule has 2 aromatic rings. The highest BCUT2D eigenvalue weighted by Crippen LogP contribution is 2.25. The molecule has 0 saturated heterocycles. The van der Waals surface area contributed by atoms with Crippen molar-refractivity contribution >= 4 is 34.5 Å². The quantitative estimate of drug-likeness (QED) is 0.408. The maximum Gasteiger partial charge on any atom is 0.138 e. The molecular formula is C16H25ClN2OS. The molecule has 2 heterocycles. The van der Waals surface area contributed by atoms with Crippen molar-refractivity contribution in [2.24, 2.45) is 0 Å². The van der Waals surface area contributed by atoms with Gasteiger partial charge in [-0.1, -0.05) is 25.4 Å². The first-order valence-electron chi connectivity index (χ1n) is 7.37. The molecule has 5 heteroatoms. The van der Waals surface area contributed by atoms with Crippen molar-refractivity contribution in [1.82, 2.24) is 9.55 Å². The van der Waals surface area contributed by atoms with E-state index in [2.05, 4.69) is 36.5 Å². The molecular weight excluding hydrogens is 304 g/mol. The van der Waals surface area contributed by atoms with E-state index < -0.39 is 0 Å². The van der Waals surface area contributed by atoms with Crippen LogP contribution in [0, 0.1) is 0 Å². The summed E-state index contributed by atoms with van der Waals surface area (Å²) in [6.07, 6.45) is 4.77. The zero-order valence-electron chi connectivity index (χ0n) is 13.5. The van der Waals surface area contributed by atoms with Crippen molar-refractivity contribution in [3.8, 4) is 0 Å². The van der Waals surface area contributed by atoms with E-state index >= 15 is 0 Å². The number of pyridine rings is 1. The van der Waals surface area contributed by atoms with Crippen LogP contribution in [0.4, 0.5) is 0 Å². The molecule has 0 unspecified atom stereocenters. The van der Waals surface area contributed by atoms with Crippen LogP contribution < -0.4 is 0 Å². The summed E-state index contributed by atoms with van der Waals surface area (Å²) in [7, 11) is 0. The summed E-state index contributed by atoms with van der Waals surface area (Å²) in [4.78, 5) is 4.08. The summed E-state index contributed by atoms with van der Waals surface area (Å²) in [5, 5.41) is 1.57. The van der Waals surface area contributed by atoms with Crippen LogP contribution in [0.25, 0.3) is 10.9 Å². The Balaban J connectivity index is 0.00000106. The summed E-state index contributed by atoms with van der Waals surface area (Å²) in [6.45, 7) is 12.1. The topological polar surface area (TPSA) is 27.1 Å². The van der Waals surface area contributed by atoms with Crippen LogP contribution in [0.5, 0.6) is 0 Å². The van der Waals surface area contributed by atoms with E-state index in [1.165, 1.54) is 12.0 Å². The molecule has 0 aromatic carbocycles. The van der Waals surface area contributed by atoms with Crippen molar-refractivity contribution in [2.45, 2.75) is 52.3 Å². The Labute approximate surface area is 137 Å². The van der Waals surface area contributed by atoms with Crippen LogP contribution >= 0.6 is 23.6 Å². The molecule has 2 rings (SSSR count). The first-order valence-corrected chi connectivity index (χ1v) is 8.49. The van der Waals surface area contributed by atoms with Crippen LogP contribution in [0.1, 0.15) is 41.0 Å². The van der Waals surface area contributed by atoms with Gasteiger partial charge in [0.2, 0.25) is 0 Å². The van der Waals surface area contributed by atoms with E-state index in [1.807, 2.05) is 26.0 Å². The Hall–Kier alpha value is -0.710. The summed E-state index contributed by atoms with van der Waals surface area (Å²) in [5.41, 5.74) is 1.13. The van der Waals surface area contributed by atoms with Crippen molar-refractivity contribution < 1.29 is 4.18 Å². The SMILES string of the molecule is CC.CC(C)(C)SOCCCn1ccc2c(Cl)nccc21. The van der Waals surface area contributed by atoms with E-state index in [0.717, 1.165) is 30.5 Å². The normalized spacial score (nSPS) is 11.3. The zero-order chi connectivity index (χ0) is 15.9. The highest BCUT2D eigenvalue weighted by atomic mass is 35.5. The number of aromatic nitrogens is 2. The first-order chi connectivity index (χ1) is 9.97. The molecule has 0 fully saturated rings. The lowest BCUT2D eigenvalue weighted by molar-refractivity contribution is 0.346. The maximum absolute atomic E-state index is 6.05. The third kappa shape index (κ3) is 5.89. The van der Waals surface area contributed by atoms with Gasteiger partial charge in [0.25, 0.3) is 0 Å². The highest BCUT2D eigenvalue weighted by Gasteiger charge is 2.11. The minimum Gasteiger partial charge on any atom is -0.347 e. The van der Waals surface area contributed by atoms with Crippen LogP contribution in [-0.4, -0.2) is 20.9 Å². The van der Waals surface area contributed by atoms with E-state index in [0.29, 0.717) is 5.15 Å². The predicted molar refractivity (Wildman–Crippen MR) is 94.0 cm³/mol. The fraction of sp³-hybridized carbons (Fsp3) is 0.562. The Kier molecular flexibility index (Phi) is 7.57. The van der Waals surface area contributed by atoms with E-state index in [1.54, 1.807) is 6.20 Å². The second-order valence-corrected chi connectivity index (χ2v) is 7.40. The van der Waals surface area contributed by atoms with Crippen LogP contribution in [0.15, 0.2) is 24.5 Å². The van der Waals surface area contributed by atoms with Crippen molar-refractivity contribution in [2.75, 3.05) is 6.61 Å². The number of nitrogens with zero attached hydrogens (tertiary/aromatic N) is 2. The van der Waals surface area contributed by atoms with Gasteiger partial charge in [-0.05, 0) is 51.4 Å². The van der Waals surface area contributed by atoms with Crippen molar-refractivity contribution in [3.05, 3.63) is 29.7 Å². The van der Waals surface area contributed by atoms with Gasteiger partial charge >= 0.3 is 0 Å². The third-order valence-corrected chi connectivity index (χ3v) is 3.67. The molecule has 0 saturated carbocycles. The molecule has 2 aromatic heterocycles. The fourth-order valence-electron chi connectivity index (χ4n) is 1.79. The monoisotopic (exact) mass is 328 g/mol. The van der Waals surface area contributed by atoms with Crippen molar-refractivity contribution in [3.63, 3.8) is 0 Å². The molecule has 0 amide bonds. The van der Waals surface area contributed by atoms with Gasteiger partial charge in [0, 0.05) is 29.1 Å². The van der Waals surface area contributed by atoms with Crippen molar-refractivity contribution in [1.29, 1.82) is 0 Å². The van der Waals surface area contributed by atoms with Crippen LogP contribution in [0.3, 0.4) is 0 Å². The van der Waals surface area contributed by atoms with Gasteiger partial charge in [0.1, 0.15) is 5.15 Å². The molecule has 0 aliphatic carbocycles. The largest absolute Gasteiger partial charge is 0.347 e. The van der Waals surface area contributed by atoms with E-state index in [4.69, 9.17) is 15.8 Å². The Morgan fingerprint density at radius 3 is 2.67 bits per heavy atom. The van der Waals surface area contributed by atoms with Crippen LogP contribution in [0.2, 0.25) is 5.15 Å². The summed E-state index contributed by atoms with van der Waals surface area (Å²) in [5.74, 6) is 0. The van der Waals surface area contributed by atoms with E-state index in [9.17, 15) is 0 Å². The third-order valence-electron chi connectivity index (χ3n) is 2.58. The van der Waals surface area contributed by atoms with Gasteiger partial charge in [-0.25, -0.2) is 4.98 Å². The van der Waals surface area contributed by atoms with Crippen LogP contribution in [-0.2, 0) is 10.7 Å². The number of aryl methyl sites for hydroxylation is 1. The standard InChI is InChI=1S/C14H19ClN2OS.C2H6/c1-14(2,3)19-18-10-4-8-17-9-6-11-12(17)5-7-16-13(11)15;1-2/h5-7,9H,4,8,10H2,1-3H3;1-2H3. The molecule has 118 valence electrons. The predicted octanol–water partition coefficient (Wildman–Crippen LogP) is 5.57. The average Bonchev–Trinajstić information content (AvgIpc) is 2.84. The Morgan fingerprint density at radius 2 is 2.00 bits per heavy atom. The number of hydrogen-bond donors (Lipinski definition) is 0. The summed E-state index contributed by atoms with van der Waals surface area (Å²) >= 11 is 7.59. The lowest BCUT2D eigenvalue weighted by Gasteiger charge is -2.16. The minimum absolute atomic E-state index is 0.152. The van der Waals surface area contributed by atoms with Gasteiger partial charge in [-0.3, -0.25) is 0 Å². The highest BCUT2D eigenvalue weighted by molar-refractivity contribution is 7.96. The summed E-state index contributed by atoms with van der Waals surface area (Å²) < 4.78 is 7.94. The van der Waals surface area contributed by atoms with Gasteiger partial charge in [-0.2, -0.15) is 0 Å². The number of fused-ring (bicyclic) bond motifs is 1. The lowest BCUT2D eigenvalue weighted by atomic mass is 10.3. The number of rotatable bonds is 5. The second kappa shape index (κ2) is 8.66. The molecule has 0 N–H and O–H groups in total. The zero-order valence-corrected chi connectivity index (χ0v) is 15.1. The Bertz CT molecular complexity index is 549. The molecule has 0 bridgehead atoms. The molecule has 3 nitrogen and oxygen atoms in total. The molecule has 0 radical (unpaired) electrons.